The summed E-state index contributed by atoms with van der Waals surface area (Å²) in [6.45, 7) is 0.772. The molecule has 2 aromatic carbocycles. The van der Waals surface area contributed by atoms with Crippen molar-refractivity contribution in [3.8, 4) is 34.4 Å². The normalized spacial score (nSPS) is 11.8. The number of nitrogens with zero attached hydrogens (tertiary/aromatic N) is 2. The van der Waals surface area contributed by atoms with Gasteiger partial charge >= 0.3 is 0 Å². The lowest BCUT2D eigenvalue weighted by atomic mass is 10.1. The van der Waals surface area contributed by atoms with Crippen molar-refractivity contribution in [2.24, 2.45) is 0 Å². The summed E-state index contributed by atoms with van der Waals surface area (Å²) in [5.74, 6) is 2.17. The molecule has 1 N–H and O–H groups in total. The number of nitrogens with one attached hydrogen (secondary N) is 1. The highest BCUT2D eigenvalue weighted by atomic mass is 16.7. The summed E-state index contributed by atoms with van der Waals surface area (Å²) in [7, 11) is 1.62. The first-order valence-corrected chi connectivity index (χ1v) is 9.02. The van der Waals surface area contributed by atoms with Crippen LogP contribution >= 0.6 is 0 Å². The molecule has 0 spiro atoms. The van der Waals surface area contributed by atoms with Gasteiger partial charge in [-0.3, -0.25) is 4.79 Å². The largest absolute Gasteiger partial charge is 0.497 e. The molecule has 2 heterocycles. The van der Waals surface area contributed by atoms with Crippen molar-refractivity contribution in [3.05, 3.63) is 60.2 Å². The van der Waals surface area contributed by atoms with E-state index < -0.39 is 0 Å². The number of hydrogen-bond donors (Lipinski definition) is 1. The van der Waals surface area contributed by atoms with E-state index in [-0.39, 0.29) is 19.3 Å². The summed E-state index contributed by atoms with van der Waals surface area (Å²) in [6, 6.07) is 16.2. The third-order valence-electron chi connectivity index (χ3n) is 4.30. The van der Waals surface area contributed by atoms with E-state index in [2.05, 4.69) is 15.5 Å². The zero-order valence-electron chi connectivity index (χ0n) is 15.8. The molecule has 29 heavy (non-hydrogen) atoms. The average molecular weight is 393 g/mol. The topological polar surface area (TPSA) is 91.8 Å². The summed E-state index contributed by atoms with van der Waals surface area (Å²) in [5.41, 5.74) is 2.16. The van der Waals surface area contributed by atoms with Crippen LogP contribution < -0.4 is 24.3 Å². The molecule has 0 saturated heterocycles. The highest BCUT2D eigenvalue weighted by Crippen LogP contribution is 2.32. The maximum atomic E-state index is 12.2. The molecule has 8 nitrogen and oxygen atoms in total. The van der Waals surface area contributed by atoms with Crippen LogP contribution in [0.2, 0.25) is 0 Å². The molecule has 148 valence electrons. The number of hydrogen-bond acceptors (Lipinski definition) is 7. The Morgan fingerprint density at radius 1 is 1.03 bits per heavy atom. The van der Waals surface area contributed by atoms with Crippen LogP contribution in [0.1, 0.15) is 10.4 Å². The fourth-order valence-electron chi connectivity index (χ4n) is 2.77. The van der Waals surface area contributed by atoms with E-state index in [4.69, 9.17) is 18.9 Å². The SMILES string of the molecule is COc1ccc(-c2ccc(OCCNC(=O)c3ccc4c(c3)OCO4)nn2)cc1. The second-order valence-corrected chi connectivity index (χ2v) is 6.16. The molecule has 1 aromatic heterocycles. The van der Waals surface area contributed by atoms with Crippen molar-refractivity contribution in [2.45, 2.75) is 0 Å². The minimum absolute atomic E-state index is 0.173. The zero-order valence-corrected chi connectivity index (χ0v) is 15.8. The smallest absolute Gasteiger partial charge is 0.251 e. The molecular weight excluding hydrogens is 374 g/mol. The average Bonchev–Trinajstić information content (AvgIpc) is 3.25. The van der Waals surface area contributed by atoms with E-state index in [1.54, 1.807) is 31.4 Å². The van der Waals surface area contributed by atoms with Crippen molar-refractivity contribution in [1.29, 1.82) is 0 Å². The first-order valence-electron chi connectivity index (χ1n) is 9.02. The van der Waals surface area contributed by atoms with Gasteiger partial charge < -0.3 is 24.3 Å². The Kier molecular flexibility index (Phi) is 5.42. The molecule has 0 aliphatic carbocycles. The second kappa shape index (κ2) is 8.47. The van der Waals surface area contributed by atoms with Crippen LogP contribution in [0, 0.1) is 0 Å². The fourth-order valence-corrected chi connectivity index (χ4v) is 2.77. The molecule has 4 rings (SSSR count). The van der Waals surface area contributed by atoms with E-state index in [1.165, 1.54) is 0 Å². The van der Waals surface area contributed by atoms with Gasteiger partial charge in [-0.2, -0.15) is 0 Å². The number of rotatable bonds is 7. The molecule has 0 bridgehead atoms. The van der Waals surface area contributed by atoms with Crippen molar-refractivity contribution < 1.29 is 23.7 Å². The number of benzene rings is 2. The number of carbonyl (C=O) groups is 1. The zero-order chi connectivity index (χ0) is 20.1. The number of methoxy groups -OCH3 is 1. The minimum atomic E-state index is -0.215. The highest BCUT2D eigenvalue weighted by molar-refractivity contribution is 5.94. The van der Waals surface area contributed by atoms with E-state index in [0.29, 0.717) is 29.5 Å². The molecule has 1 aliphatic rings. The van der Waals surface area contributed by atoms with E-state index in [0.717, 1.165) is 17.0 Å². The van der Waals surface area contributed by atoms with E-state index in [9.17, 15) is 4.79 Å². The molecule has 0 saturated carbocycles. The van der Waals surface area contributed by atoms with Crippen LogP contribution in [0.15, 0.2) is 54.6 Å². The van der Waals surface area contributed by atoms with Crippen molar-refractivity contribution >= 4 is 5.91 Å². The van der Waals surface area contributed by atoms with Crippen LogP contribution in [0.3, 0.4) is 0 Å². The summed E-state index contributed by atoms with van der Waals surface area (Å²) in [6.07, 6.45) is 0. The van der Waals surface area contributed by atoms with Crippen LogP contribution in [0.4, 0.5) is 0 Å². The van der Waals surface area contributed by atoms with Gasteiger partial charge in [0.1, 0.15) is 12.4 Å². The second-order valence-electron chi connectivity index (χ2n) is 6.16. The summed E-state index contributed by atoms with van der Waals surface area (Å²) >= 11 is 0. The highest BCUT2D eigenvalue weighted by Gasteiger charge is 2.16. The molecule has 0 unspecified atom stereocenters. The Bertz CT molecular complexity index is 990. The number of amides is 1. The number of ether oxygens (including phenoxy) is 4. The van der Waals surface area contributed by atoms with Crippen LogP contribution in [0.5, 0.6) is 23.1 Å². The summed E-state index contributed by atoms with van der Waals surface area (Å²) < 4.78 is 21.2. The van der Waals surface area contributed by atoms with Gasteiger partial charge in [0.15, 0.2) is 11.5 Å². The van der Waals surface area contributed by atoms with Gasteiger partial charge in [-0.15, -0.1) is 10.2 Å². The number of aromatic nitrogens is 2. The third-order valence-corrected chi connectivity index (χ3v) is 4.30. The lowest BCUT2D eigenvalue weighted by Gasteiger charge is -2.08. The summed E-state index contributed by atoms with van der Waals surface area (Å²) in [5, 5.41) is 11.0. The quantitative estimate of drug-likeness (QED) is 0.617. The lowest BCUT2D eigenvalue weighted by molar-refractivity contribution is 0.0946. The molecular formula is C21H19N3O5. The molecule has 1 aliphatic heterocycles. The number of fused-ring (bicyclic) bond motifs is 1. The van der Waals surface area contributed by atoms with Gasteiger partial charge in [0.05, 0.1) is 19.3 Å². The van der Waals surface area contributed by atoms with Crippen LogP contribution in [-0.4, -0.2) is 43.2 Å². The predicted octanol–water partition coefficient (Wildman–Crippen LogP) is 2.69. The van der Waals surface area contributed by atoms with Crippen LogP contribution in [-0.2, 0) is 0 Å². The van der Waals surface area contributed by atoms with Gasteiger partial charge in [0.2, 0.25) is 12.7 Å². The van der Waals surface area contributed by atoms with Gasteiger partial charge in [-0.25, -0.2) is 0 Å². The maximum absolute atomic E-state index is 12.2. The Hall–Kier alpha value is -3.81. The minimum Gasteiger partial charge on any atom is -0.497 e. The Labute approximate surface area is 167 Å². The molecule has 8 heteroatoms. The van der Waals surface area contributed by atoms with Crippen molar-refractivity contribution in [2.75, 3.05) is 27.1 Å². The lowest BCUT2D eigenvalue weighted by Crippen LogP contribution is -2.28. The number of carbonyl (C=O) groups excluding carboxylic acids is 1. The fraction of sp³-hybridized carbons (Fsp3) is 0.190. The van der Waals surface area contributed by atoms with Crippen molar-refractivity contribution in [1.82, 2.24) is 15.5 Å². The molecule has 0 radical (unpaired) electrons. The Balaban J connectivity index is 1.25. The first-order chi connectivity index (χ1) is 14.2. The summed E-state index contributed by atoms with van der Waals surface area (Å²) in [4.78, 5) is 12.2. The predicted molar refractivity (Wildman–Crippen MR) is 104 cm³/mol. The first kappa shape index (κ1) is 18.5. The monoisotopic (exact) mass is 393 g/mol. The molecule has 0 fully saturated rings. The van der Waals surface area contributed by atoms with Gasteiger partial charge in [-0.05, 0) is 48.5 Å². The third kappa shape index (κ3) is 4.37. The maximum Gasteiger partial charge on any atom is 0.251 e. The van der Waals surface area contributed by atoms with E-state index in [1.807, 2.05) is 30.3 Å². The molecule has 0 atom stereocenters. The Morgan fingerprint density at radius 2 is 1.86 bits per heavy atom. The van der Waals surface area contributed by atoms with Crippen LogP contribution in [0.25, 0.3) is 11.3 Å². The standard InChI is InChI=1S/C21H19N3O5/c1-26-16-5-2-14(3-6-16)17-7-9-20(24-23-17)27-11-10-22-21(25)15-4-8-18-19(12-15)29-13-28-18/h2-9,12H,10-11,13H2,1H3,(H,22,25). The van der Waals surface area contributed by atoms with Crippen molar-refractivity contribution in [3.63, 3.8) is 0 Å². The van der Waals surface area contributed by atoms with Gasteiger partial charge in [0, 0.05) is 17.2 Å². The van der Waals surface area contributed by atoms with E-state index >= 15 is 0 Å². The molecule has 3 aromatic rings. The van der Waals surface area contributed by atoms with Gasteiger partial charge in [-0.1, -0.05) is 0 Å². The Morgan fingerprint density at radius 3 is 2.62 bits per heavy atom. The molecule has 1 amide bonds. The van der Waals surface area contributed by atoms with Gasteiger partial charge in [0.25, 0.3) is 5.91 Å².